The van der Waals surface area contributed by atoms with Gasteiger partial charge in [0.15, 0.2) is 9.84 Å². The molecule has 20 heavy (non-hydrogen) atoms. The van der Waals surface area contributed by atoms with Gasteiger partial charge < -0.3 is 10.5 Å². The van der Waals surface area contributed by atoms with Gasteiger partial charge in [0, 0.05) is 0 Å². The summed E-state index contributed by atoms with van der Waals surface area (Å²) in [5.74, 6) is 0.466. The molecule has 0 heterocycles. The van der Waals surface area contributed by atoms with Crippen LogP contribution in [0.15, 0.2) is 47.4 Å². The van der Waals surface area contributed by atoms with Crippen molar-refractivity contribution in [1.82, 2.24) is 0 Å². The molecule has 2 N–H and O–H groups in total. The van der Waals surface area contributed by atoms with Crippen molar-refractivity contribution in [3.8, 4) is 5.75 Å². The Bertz CT molecular complexity index is 724. The highest BCUT2D eigenvalue weighted by molar-refractivity contribution is 7.90. The van der Waals surface area contributed by atoms with Crippen molar-refractivity contribution in [3.05, 3.63) is 53.6 Å². The Balaban J connectivity index is 2.34. The zero-order valence-corrected chi connectivity index (χ0v) is 12.3. The van der Waals surface area contributed by atoms with Crippen molar-refractivity contribution in [2.75, 3.05) is 12.8 Å². The maximum atomic E-state index is 12.4. The van der Waals surface area contributed by atoms with Crippen LogP contribution >= 0.6 is 0 Å². The van der Waals surface area contributed by atoms with Crippen LogP contribution in [0.2, 0.25) is 0 Å². The molecule has 0 unspecified atom stereocenters. The lowest BCUT2D eigenvalue weighted by Crippen LogP contribution is -2.07. The molecule has 2 rings (SSSR count). The molecule has 0 spiro atoms. The maximum absolute atomic E-state index is 12.4. The second-order valence-corrected chi connectivity index (χ2v) is 6.56. The number of anilines is 1. The number of sulfone groups is 1. The Morgan fingerprint density at radius 1 is 1.15 bits per heavy atom. The van der Waals surface area contributed by atoms with Gasteiger partial charge in [-0.25, -0.2) is 8.42 Å². The Kier molecular flexibility index (Phi) is 3.99. The molecule has 0 aliphatic rings. The van der Waals surface area contributed by atoms with Crippen molar-refractivity contribution >= 4 is 15.5 Å². The predicted molar refractivity (Wildman–Crippen MR) is 79.5 cm³/mol. The molecule has 2 aromatic carbocycles. The van der Waals surface area contributed by atoms with E-state index in [0.717, 1.165) is 5.56 Å². The third-order valence-electron chi connectivity index (χ3n) is 3.08. The summed E-state index contributed by atoms with van der Waals surface area (Å²) in [4.78, 5) is 0.356. The Morgan fingerprint density at radius 2 is 1.85 bits per heavy atom. The van der Waals surface area contributed by atoms with Crippen LogP contribution in [0.25, 0.3) is 0 Å². The Labute approximate surface area is 119 Å². The zero-order chi connectivity index (χ0) is 14.8. The fourth-order valence-corrected chi connectivity index (χ4v) is 3.69. The van der Waals surface area contributed by atoms with Crippen LogP contribution in [0.4, 0.5) is 5.69 Å². The minimum Gasteiger partial charge on any atom is -0.495 e. The molecule has 0 amide bonds. The van der Waals surface area contributed by atoms with Crippen LogP contribution in [0.5, 0.6) is 5.75 Å². The van der Waals surface area contributed by atoms with Gasteiger partial charge in [-0.1, -0.05) is 24.3 Å². The lowest BCUT2D eigenvalue weighted by atomic mass is 10.2. The summed E-state index contributed by atoms with van der Waals surface area (Å²) in [5.41, 5.74) is 7.62. The fourth-order valence-electron chi connectivity index (χ4n) is 2.08. The molecule has 5 heteroatoms. The monoisotopic (exact) mass is 291 g/mol. The van der Waals surface area contributed by atoms with Crippen LogP contribution in [0.3, 0.4) is 0 Å². The summed E-state index contributed by atoms with van der Waals surface area (Å²) < 4.78 is 29.9. The molecule has 0 atom stereocenters. The Morgan fingerprint density at radius 3 is 2.45 bits per heavy atom. The Hall–Kier alpha value is -2.01. The van der Waals surface area contributed by atoms with Gasteiger partial charge in [-0.2, -0.15) is 0 Å². The number of aryl methyl sites for hydroxylation is 1. The number of nitrogens with two attached hydrogens (primary N) is 1. The van der Waals surface area contributed by atoms with Crippen molar-refractivity contribution in [1.29, 1.82) is 0 Å². The van der Waals surface area contributed by atoms with Gasteiger partial charge in [0.25, 0.3) is 0 Å². The van der Waals surface area contributed by atoms with Crippen LogP contribution in [0.1, 0.15) is 11.1 Å². The molecule has 0 saturated carbocycles. The van der Waals surface area contributed by atoms with Crippen LogP contribution < -0.4 is 10.5 Å². The van der Waals surface area contributed by atoms with E-state index in [1.54, 1.807) is 43.3 Å². The third kappa shape index (κ3) is 2.93. The summed E-state index contributed by atoms with van der Waals surface area (Å²) in [6.07, 6.45) is 0. The van der Waals surface area contributed by atoms with E-state index in [4.69, 9.17) is 10.5 Å². The van der Waals surface area contributed by atoms with E-state index in [1.807, 2.05) is 6.07 Å². The largest absolute Gasteiger partial charge is 0.495 e. The van der Waals surface area contributed by atoms with Crippen molar-refractivity contribution < 1.29 is 13.2 Å². The normalized spacial score (nSPS) is 11.3. The molecule has 0 aromatic heterocycles. The number of methoxy groups -OCH3 is 1. The second-order valence-electron chi connectivity index (χ2n) is 4.60. The number of hydrogen-bond donors (Lipinski definition) is 1. The first kappa shape index (κ1) is 14.4. The van der Waals surface area contributed by atoms with Gasteiger partial charge in [-0.3, -0.25) is 0 Å². The molecule has 0 saturated heterocycles. The highest BCUT2D eigenvalue weighted by atomic mass is 32.2. The zero-order valence-electron chi connectivity index (χ0n) is 11.5. The van der Waals surface area contributed by atoms with Gasteiger partial charge in [0.1, 0.15) is 5.75 Å². The van der Waals surface area contributed by atoms with E-state index in [2.05, 4.69) is 0 Å². The smallest absolute Gasteiger partial charge is 0.182 e. The van der Waals surface area contributed by atoms with Crippen LogP contribution in [-0.4, -0.2) is 15.5 Å². The van der Waals surface area contributed by atoms with E-state index in [0.29, 0.717) is 21.9 Å². The van der Waals surface area contributed by atoms with E-state index in [-0.39, 0.29) is 5.75 Å². The number of rotatable bonds is 4. The third-order valence-corrected chi connectivity index (χ3v) is 4.92. The van der Waals surface area contributed by atoms with E-state index >= 15 is 0 Å². The molecule has 0 fully saturated rings. The topological polar surface area (TPSA) is 69.4 Å². The SMILES string of the molecule is COc1ccc(CS(=O)(=O)c2ccccc2C)cc1N. The average Bonchev–Trinajstić information content (AvgIpc) is 2.38. The number of nitrogen functional groups attached to an aromatic ring is 1. The van der Waals surface area contributed by atoms with Gasteiger partial charge in [-0.05, 0) is 36.2 Å². The molecule has 4 nitrogen and oxygen atoms in total. The maximum Gasteiger partial charge on any atom is 0.182 e. The minimum atomic E-state index is -3.38. The molecular formula is C15H17NO3S. The van der Waals surface area contributed by atoms with Crippen molar-refractivity contribution in [3.63, 3.8) is 0 Å². The van der Waals surface area contributed by atoms with E-state index in [1.165, 1.54) is 7.11 Å². The molecule has 0 bridgehead atoms. The summed E-state index contributed by atoms with van der Waals surface area (Å²) in [6.45, 7) is 1.79. The summed E-state index contributed by atoms with van der Waals surface area (Å²) in [7, 11) is -1.85. The van der Waals surface area contributed by atoms with E-state index < -0.39 is 9.84 Å². The van der Waals surface area contributed by atoms with E-state index in [9.17, 15) is 8.42 Å². The van der Waals surface area contributed by atoms with Gasteiger partial charge in [0.05, 0.1) is 23.4 Å². The molecule has 0 aliphatic heterocycles. The fraction of sp³-hybridized carbons (Fsp3) is 0.200. The first-order chi connectivity index (χ1) is 9.44. The summed E-state index contributed by atoms with van der Waals surface area (Å²) in [5, 5.41) is 0. The number of ether oxygens (including phenoxy) is 1. The predicted octanol–water partition coefficient (Wildman–Crippen LogP) is 2.56. The lowest BCUT2D eigenvalue weighted by Gasteiger charge is -2.09. The average molecular weight is 291 g/mol. The first-order valence-electron chi connectivity index (χ1n) is 6.15. The quantitative estimate of drug-likeness (QED) is 0.879. The summed E-state index contributed by atoms with van der Waals surface area (Å²) in [6, 6.07) is 12.0. The molecule has 106 valence electrons. The highest BCUT2D eigenvalue weighted by Gasteiger charge is 2.17. The molecule has 0 radical (unpaired) electrons. The first-order valence-corrected chi connectivity index (χ1v) is 7.80. The van der Waals surface area contributed by atoms with Gasteiger partial charge in [0.2, 0.25) is 0 Å². The summed E-state index contributed by atoms with van der Waals surface area (Å²) >= 11 is 0. The standard InChI is InChI=1S/C15H17NO3S/c1-11-5-3-4-6-15(11)20(17,18)10-12-7-8-14(19-2)13(16)9-12/h3-9H,10,16H2,1-2H3. The minimum absolute atomic E-state index is 0.0773. The van der Waals surface area contributed by atoms with Crippen LogP contribution in [-0.2, 0) is 15.6 Å². The van der Waals surface area contributed by atoms with Crippen molar-refractivity contribution in [2.24, 2.45) is 0 Å². The molecule has 0 aliphatic carbocycles. The van der Waals surface area contributed by atoms with Crippen LogP contribution in [0, 0.1) is 6.92 Å². The van der Waals surface area contributed by atoms with Gasteiger partial charge >= 0.3 is 0 Å². The highest BCUT2D eigenvalue weighted by Crippen LogP contribution is 2.25. The molecular weight excluding hydrogens is 274 g/mol. The lowest BCUT2D eigenvalue weighted by molar-refractivity contribution is 0.417. The second kappa shape index (κ2) is 5.54. The molecule has 2 aromatic rings. The number of hydrogen-bond acceptors (Lipinski definition) is 4. The number of benzene rings is 2. The van der Waals surface area contributed by atoms with Crippen molar-refractivity contribution in [2.45, 2.75) is 17.6 Å². The van der Waals surface area contributed by atoms with Gasteiger partial charge in [-0.15, -0.1) is 0 Å².